The molecule has 3 nitrogen and oxygen atoms in total. The van der Waals surface area contributed by atoms with Crippen molar-refractivity contribution in [2.24, 2.45) is 0 Å². The van der Waals surface area contributed by atoms with Crippen LogP contribution in [0.5, 0.6) is 11.5 Å². The van der Waals surface area contributed by atoms with Crippen molar-refractivity contribution in [1.29, 1.82) is 0 Å². The highest BCUT2D eigenvalue weighted by Crippen LogP contribution is 2.32. The van der Waals surface area contributed by atoms with Gasteiger partial charge in [-0.1, -0.05) is 87.6 Å². The fourth-order valence-electron chi connectivity index (χ4n) is 5.45. The normalized spacial score (nSPS) is 14.7. The minimum atomic E-state index is 0.325. The van der Waals surface area contributed by atoms with E-state index in [-0.39, 0.29) is 0 Å². The van der Waals surface area contributed by atoms with Gasteiger partial charge in [-0.05, 0) is 150 Å². The molecule has 0 spiro atoms. The van der Waals surface area contributed by atoms with Crippen molar-refractivity contribution in [3.8, 4) is 11.5 Å². The number of benzene rings is 1. The monoisotopic (exact) mass is 628 g/mol. The van der Waals surface area contributed by atoms with Gasteiger partial charge in [0.15, 0.2) is 11.5 Å². The molecule has 254 valence electrons. The topological polar surface area (TPSA) is 30.5 Å². The van der Waals surface area contributed by atoms with Crippen LogP contribution in [0, 0.1) is 0 Å². The molecule has 1 N–H and O–H groups in total. The van der Waals surface area contributed by atoms with E-state index >= 15 is 0 Å². The van der Waals surface area contributed by atoms with E-state index in [9.17, 15) is 0 Å². The molecule has 0 bridgehead atoms. The zero-order valence-corrected chi connectivity index (χ0v) is 30.7. The van der Waals surface area contributed by atoms with Gasteiger partial charge in [0.25, 0.3) is 0 Å². The molecule has 0 radical (unpaired) electrons. The molecule has 1 aliphatic heterocycles. The number of rotatable bonds is 22. The van der Waals surface area contributed by atoms with Crippen LogP contribution >= 0.6 is 0 Å². The summed E-state index contributed by atoms with van der Waals surface area (Å²) in [5, 5.41) is 3.51. The van der Waals surface area contributed by atoms with Crippen molar-refractivity contribution < 1.29 is 9.47 Å². The van der Waals surface area contributed by atoms with Gasteiger partial charge in [-0.25, -0.2) is 0 Å². The predicted octanol–water partition coefficient (Wildman–Crippen LogP) is 12.8. The highest BCUT2D eigenvalue weighted by molar-refractivity contribution is 5.44. The van der Waals surface area contributed by atoms with Crippen LogP contribution in [0.4, 0.5) is 0 Å². The molecule has 0 amide bonds. The van der Waals surface area contributed by atoms with Gasteiger partial charge in [-0.3, -0.25) is 0 Å². The molecule has 0 saturated heterocycles. The molecular weight excluding hydrogens is 562 g/mol. The van der Waals surface area contributed by atoms with Crippen LogP contribution in [0.15, 0.2) is 99.7 Å². The summed E-state index contributed by atoms with van der Waals surface area (Å²) in [7, 11) is 0. The van der Waals surface area contributed by atoms with Crippen molar-refractivity contribution in [1.82, 2.24) is 5.32 Å². The third-order valence-corrected chi connectivity index (χ3v) is 8.61. The summed E-state index contributed by atoms with van der Waals surface area (Å²) < 4.78 is 10.9. The minimum absolute atomic E-state index is 0.325. The van der Waals surface area contributed by atoms with E-state index in [1.165, 1.54) is 83.1 Å². The Bertz CT molecular complexity index is 1260. The summed E-state index contributed by atoms with van der Waals surface area (Å²) >= 11 is 0. The van der Waals surface area contributed by atoms with Crippen LogP contribution in [-0.2, 0) is 6.54 Å². The van der Waals surface area contributed by atoms with Crippen molar-refractivity contribution in [2.45, 2.75) is 139 Å². The largest absolute Gasteiger partial charge is 0.454 e. The lowest BCUT2D eigenvalue weighted by Gasteiger charge is -2.05. The standard InChI is InChI=1S/C43H65NO2/c1-34(2)15-9-16-35(3)17-10-18-36(4)19-11-20-37(5)21-12-22-38(6)23-13-24-39(7)25-14-26-40(8)29-30-44-32-41-27-28-42-43(31-41)46-33-45-42/h15,17,19,21,23,25,27-29,31,44H,9-14,16,18,20,22,24,26,30,32-33H2,1-8H3/b35-17?,36-19?,37-21?,38-23+,39-25?,40-29+. The summed E-state index contributed by atoms with van der Waals surface area (Å²) in [6.45, 7) is 20.1. The second-order valence-electron chi connectivity index (χ2n) is 13.6. The number of nitrogens with one attached hydrogen (secondary N) is 1. The number of fused-ring (bicyclic) bond motifs is 1. The molecular formula is C43H65NO2. The third-order valence-electron chi connectivity index (χ3n) is 8.61. The molecule has 46 heavy (non-hydrogen) atoms. The highest BCUT2D eigenvalue weighted by Gasteiger charge is 2.12. The van der Waals surface area contributed by atoms with Gasteiger partial charge >= 0.3 is 0 Å². The van der Waals surface area contributed by atoms with Crippen molar-refractivity contribution in [3.05, 3.63) is 105 Å². The Morgan fingerprint density at radius 3 is 1.35 bits per heavy atom. The molecule has 1 aliphatic rings. The molecule has 0 saturated carbocycles. The molecule has 0 aromatic heterocycles. The third kappa shape index (κ3) is 18.8. The van der Waals surface area contributed by atoms with Crippen molar-refractivity contribution in [2.75, 3.05) is 13.3 Å². The fourth-order valence-corrected chi connectivity index (χ4v) is 5.45. The molecule has 0 aliphatic carbocycles. The van der Waals surface area contributed by atoms with E-state index in [2.05, 4.69) is 115 Å². The van der Waals surface area contributed by atoms with Gasteiger partial charge in [0.05, 0.1) is 0 Å². The predicted molar refractivity (Wildman–Crippen MR) is 202 cm³/mol. The van der Waals surface area contributed by atoms with Gasteiger partial charge in [-0.15, -0.1) is 0 Å². The molecule has 1 aromatic carbocycles. The minimum Gasteiger partial charge on any atom is -0.454 e. The van der Waals surface area contributed by atoms with Gasteiger partial charge < -0.3 is 14.8 Å². The van der Waals surface area contributed by atoms with Gasteiger partial charge in [0.1, 0.15) is 0 Å². The van der Waals surface area contributed by atoms with Gasteiger partial charge in [0, 0.05) is 13.1 Å². The quantitative estimate of drug-likeness (QED) is 0.102. The first kappa shape index (κ1) is 39.1. The molecule has 1 aromatic rings. The first-order valence-corrected chi connectivity index (χ1v) is 17.8. The van der Waals surface area contributed by atoms with Crippen LogP contribution in [0.25, 0.3) is 0 Å². The van der Waals surface area contributed by atoms with Crippen LogP contribution in [-0.4, -0.2) is 13.3 Å². The lowest BCUT2D eigenvalue weighted by molar-refractivity contribution is 0.174. The van der Waals surface area contributed by atoms with E-state index in [1.807, 2.05) is 6.07 Å². The van der Waals surface area contributed by atoms with E-state index in [0.29, 0.717) is 6.79 Å². The molecule has 0 atom stereocenters. The molecule has 1 heterocycles. The lowest BCUT2D eigenvalue weighted by atomic mass is 10.0. The summed E-state index contributed by atoms with van der Waals surface area (Å²) in [5.74, 6) is 1.69. The molecule has 3 heteroatoms. The fraction of sp³-hybridized carbons (Fsp3) is 0.535. The maximum absolute atomic E-state index is 5.47. The summed E-state index contributed by atoms with van der Waals surface area (Å²) in [4.78, 5) is 0. The van der Waals surface area contributed by atoms with Crippen LogP contribution in [0.1, 0.15) is 138 Å². The first-order chi connectivity index (χ1) is 22.1. The van der Waals surface area contributed by atoms with E-state index < -0.39 is 0 Å². The number of allylic oxidation sites excluding steroid dienone is 13. The summed E-state index contributed by atoms with van der Waals surface area (Å²) in [5.41, 5.74) is 11.7. The van der Waals surface area contributed by atoms with Crippen LogP contribution in [0.2, 0.25) is 0 Å². The Labute approximate surface area is 283 Å². The van der Waals surface area contributed by atoms with E-state index in [4.69, 9.17) is 9.47 Å². The number of ether oxygens (including phenoxy) is 2. The Morgan fingerprint density at radius 1 is 0.522 bits per heavy atom. The zero-order valence-electron chi connectivity index (χ0n) is 30.7. The second-order valence-corrected chi connectivity index (χ2v) is 13.6. The van der Waals surface area contributed by atoms with Crippen LogP contribution in [0.3, 0.4) is 0 Å². The maximum atomic E-state index is 5.47. The maximum Gasteiger partial charge on any atom is 0.231 e. The Kier molecular flexibility index (Phi) is 19.8. The SMILES string of the molecule is CC(C)=CCCC(C)=CCCC(C)=CCCC(C)=CCC/C(C)=C/CCC(C)=CCC/C(C)=C/CNCc1ccc2c(c1)OCO2. The average Bonchev–Trinajstić information content (AvgIpc) is 3.47. The summed E-state index contributed by atoms with van der Waals surface area (Å²) in [6.07, 6.45) is 30.7. The Balaban J connectivity index is 1.54. The highest BCUT2D eigenvalue weighted by atomic mass is 16.7. The Hall–Kier alpha value is -3.04. The van der Waals surface area contributed by atoms with Crippen molar-refractivity contribution in [3.63, 3.8) is 0 Å². The van der Waals surface area contributed by atoms with Crippen molar-refractivity contribution >= 4 is 0 Å². The smallest absolute Gasteiger partial charge is 0.231 e. The lowest BCUT2D eigenvalue weighted by Crippen LogP contribution is -2.13. The second kappa shape index (κ2) is 23.3. The number of hydrogen-bond donors (Lipinski definition) is 1. The zero-order chi connectivity index (χ0) is 33.6. The van der Waals surface area contributed by atoms with E-state index in [0.717, 1.165) is 63.1 Å². The molecule has 2 rings (SSSR count). The van der Waals surface area contributed by atoms with E-state index in [1.54, 1.807) is 0 Å². The van der Waals surface area contributed by atoms with Gasteiger partial charge in [-0.2, -0.15) is 0 Å². The van der Waals surface area contributed by atoms with Gasteiger partial charge in [0.2, 0.25) is 6.79 Å². The number of hydrogen-bond acceptors (Lipinski definition) is 3. The molecule has 0 unspecified atom stereocenters. The first-order valence-electron chi connectivity index (χ1n) is 17.8. The Morgan fingerprint density at radius 2 is 0.913 bits per heavy atom. The average molecular weight is 628 g/mol. The summed E-state index contributed by atoms with van der Waals surface area (Å²) in [6, 6.07) is 6.15. The molecule has 0 fully saturated rings. The van der Waals surface area contributed by atoms with Crippen LogP contribution < -0.4 is 14.8 Å².